The van der Waals surface area contributed by atoms with Gasteiger partial charge in [-0.1, -0.05) is 30.3 Å². The highest BCUT2D eigenvalue weighted by Gasteiger charge is 2.16. The minimum Gasteiger partial charge on any atom is -0.378 e. The Morgan fingerprint density at radius 3 is 2.67 bits per heavy atom. The van der Waals surface area contributed by atoms with Crippen molar-refractivity contribution in [2.45, 2.75) is 12.6 Å². The molecule has 4 aromatic rings. The lowest BCUT2D eigenvalue weighted by Crippen LogP contribution is -2.36. The van der Waals surface area contributed by atoms with Crippen molar-refractivity contribution in [3.8, 4) is 5.82 Å². The molecule has 186 valence electrons. The quantitative estimate of drug-likeness (QED) is 0.272. The zero-order chi connectivity index (χ0) is 24.9. The van der Waals surface area contributed by atoms with Crippen LogP contribution in [0.1, 0.15) is 5.56 Å². The first-order valence-electron chi connectivity index (χ1n) is 11.5. The number of aromatic nitrogens is 5. The Kier molecular flexibility index (Phi) is 6.87. The van der Waals surface area contributed by atoms with Crippen LogP contribution in [0.25, 0.3) is 5.82 Å². The number of nitrogens with one attached hydrogen (secondary N) is 2. The Morgan fingerprint density at radius 2 is 1.89 bits per heavy atom. The number of nitrogens with two attached hydrogens (primary N) is 1. The van der Waals surface area contributed by atoms with Gasteiger partial charge in [0.2, 0.25) is 11.9 Å². The van der Waals surface area contributed by atoms with Crippen molar-refractivity contribution in [3.05, 3.63) is 72.3 Å². The number of benzene rings is 2. The van der Waals surface area contributed by atoms with Crippen LogP contribution in [0, 0.1) is 5.82 Å². The van der Waals surface area contributed by atoms with Crippen LogP contribution >= 0.6 is 0 Å². The van der Waals surface area contributed by atoms with Gasteiger partial charge >= 0.3 is 0 Å². The molecule has 0 aliphatic carbocycles. The fourth-order valence-electron chi connectivity index (χ4n) is 3.89. The molecule has 0 bridgehead atoms. The summed E-state index contributed by atoms with van der Waals surface area (Å²) in [7, 11) is 0. The lowest BCUT2D eigenvalue weighted by Gasteiger charge is -2.29. The minimum atomic E-state index is -0.858. The van der Waals surface area contributed by atoms with Gasteiger partial charge in [0, 0.05) is 31.3 Å². The van der Waals surface area contributed by atoms with Crippen LogP contribution in [0.2, 0.25) is 0 Å². The molecule has 12 heteroatoms. The fraction of sp³-hybridized carbons (Fsp3) is 0.250. The number of anilines is 5. The molecule has 5 rings (SSSR count). The number of aliphatic hydroxyl groups is 1. The molecule has 1 atom stereocenters. The third-order valence-electron chi connectivity index (χ3n) is 5.66. The maximum atomic E-state index is 14.8. The van der Waals surface area contributed by atoms with Gasteiger partial charge in [-0.25, -0.2) is 14.4 Å². The largest absolute Gasteiger partial charge is 0.378 e. The average molecular weight is 492 g/mol. The topological polar surface area (TPSA) is 139 Å². The maximum Gasteiger partial charge on any atom is 0.248 e. The van der Waals surface area contributed by atoms with Gasteiger partial charge in [0.25, 0.3) is 0 Å². The van der Waals surface area contributed by atoms with Gasteiger partial charge in [-0.05, 0) is 23.8 Å². The third kappa shape index (κ3) is 5.50. The molecule has 1 aliphatic rings. The van der Waals surface area contributed by atoms with Crippen LogP contribution in [-0.2, 0) is 11.2 Å². The smallest absolute Gasteiger partial charge is 0.248 e. The molecule has 11 nitrogen and oxygen atoms in total. The molecule has 0 amide bonds. The second-order valence-corrected chi connectivity index (χ2v) is 8.21. The van der Waals surface area contributed by atoms with Gasteiger partial charge in [0.1, 0.15) is 24.2 Å². The maximum absolute atomic E-state index is 14.8. The molecule has 1 aliphatic heterocycles. The Labute approximate surface area is 206 Å². The number of nitrogens with zero attached hydrogens (tertiary/aromatic N) is 6. The van der Waals surface area contributed by atoms with Crippen molar-refractivity contribution in [3.63, 3.8) is 0 Å². The molecular weight excluding hydrogens is 465 g/mol. The van der Waals surface area contributed by atoms with E-state index in [9.17, 15) is 9.50 Å². The summed E-state index contributed by atoms with van der Waals surface area (Å²) in [6, 6.07) is 16.1. The van der Waals surface area contributed by atoms with Gasteiger partial charge < -0.3 is 31.1 Å². The van der Waals surface area contributed by atoms with E-state index in [1.807, 2.05) is 36.4 Å². The van der Waals surface area contributed by atoms with Crippen LogP contribution in [0.3, 0.4) is 0 Å². The van der Waals surface area contributed by atoms with Crippen LogP contribution in [0.15, 0.2) is 60.9 Å². The van der Waals surface area contributed by atoms with Crippen LogP contribution in [-0.4, -0.2) is 62.4 Å². The highest BCUT2D eigenvalue weighted by molar-refractivity contribution is 5.61. The number of halogens is 1. The highest BCUT2D eigenvalue weighted by atomic mass is 19.1. The standard InChI is InChI=1S/C24H26FN9O2/c25-18-13-17(33-8-10-36-11-9-33)6-7-19(18)29-24-31-23(26)34(32-24)21-14-20(27-15-28-21)30-22(35)12-16-4-2-1-3-5-16/h1-7,13-15,22,35H,8-12H2,(H,27,28,30)(H3,26,29,31,32)/t22-/m0/s1. The number of hydrogen-bond acceptors (Lipinski definition) is 10. The molecule has 1 fully saturated rings. The molecule has 0 saturated carbocycles. The fourth-order valence-corrected chi connectivity index (χ4v) is 3.89. The predicted octanol–water partition coefficient (Wildman–Crippen LogP) is 2.33. The Morgan fingerprint density at radius 1 is 1.08 bits per heavy atom. The SMILES string of the molecule is Nc1nc(Nc2ccc(N3CCOCC3)cc2F)nn1-c1cc(N[C@@H](O)Cc2ccccc2)ncn1. The molecule has 0 radical (unpaired) electrons. The highest BCUT2D eigenvalue weighted by Crippen LogP contribution is 2.25. The van der Waals surface area contributed by atoms with E-state index in [4.69, 9.17) is 10.5 Å². The van der Waals surface area contributed by atoms with E-state index >= 15 is 0 Å². The van der Waals surface area contributed by atoms with Crippen molar-refractivity contribution in [1.82, 2.24) is 24.7 Å². The van der Waals surface area contributed by atoms with Gasteiger partial charge in [-0.3, -0.25) is 0 Å². The van der Waals surface area contributed by atoms with Crippen LogP contribution < -0.4 is 21.3 Å². The molecule has 1 saturated heterocycles. The lowest BCUT2D eigenvalue weighted by atomic mass is 10.1. The number of rotatable bonds is 8. The zero-order valence-corrected chi connectivity index (χ0v) is 19.4. The number of hydrogen-bond donors (Lipinski definition) is 4. The summed E-state index contributed by atoms with van der Waals surface area (Å²) in [5, 5.41) is 20.5. The molecule has 2 aromatic carbocycles. The average Bonchev–Trinajstić information content (AvgIpc) is 3.26. The van der Waals surface area contributed by atoms with Crippen molar-refractivity contribution >= 4 is 29.1 Å². The molecule has 0 unspecified atom stereocenters. The summed E-state index contributed by atoms with van der Waals surface area (Å²) in [6.45, 7) is 2.67. The summed E-state index contributed by atoms with van der Waals surface area (Å²) in [5.74, 6) is 0.452. The van der Waals surface area contributed by atoms with E-state index in [-0.39, 0.29) is 17.6 Å². The first-order chi connectivity index (χ1) is 17.5. The van der Waals surface area contributed by atoms with E-state index in [1.165, 1.54) is 17.1 Å². The summed E-state index contributed by atoms with van der Waals surface area (Å²) in [6.07, 6.45) is 0.865. The van der Waals surface area contributed by atoms with E-state index < -0.39 is 12.0 Å². The molecule has 5 N–H and O–H groups in total. The monoisotopic (exact) mass is 491 g/mol. The second kappa shape index (κ2) is 10.5. The van der Waals surface area contributed by atoms with E-state index in [0.29, 0.717) is 44.4 Å². The summed E-state index contributed by atoms with van der Waals surface area (Å²) in [5.41, 5.74) is 8.03. The third-order valence-corrected chi connectivity index (χ3v) is 5.66. The van der Waals surface area contributed by atoms with Crippen molar-refractivity contribution < 1.29 is 14.2 Å². The van der Waals surface area contributed by atoms with Crippen molar-refractivity contribution in [2.75, 3.05) is 47.6 Å². The first kappa shape index (κ1) is 23.5. The van der Waals surface area contributed by atoms with Gasteiger partial charge in [-0.2, -0.15) is 9.67 Å². The minimum absolute atomic E-state index is 0.0531. The first-order valence-corrected chi connectivity index (χ1v) is 11.5. The summed E-state index contributed by atoms with van der Waals surface area (Å²) < 4.78 is 21.4. The molecule has 0 spiro atoms. The van der Waals surface area contributed by atoms with E-state index in [1.54, 1.807) is 12.1 Å². The zero-order valence-electron chi connectivity index (χ0n) is 19.4. The van der Waals surface area contributed by atoms with Crippen LogP contribution in [0.4, 0.5) is 33.5 Å². The van der Waals surface area contributed by atoms with Crippen molar-refractivity contribution in [1.29, 1.82) is 0 Å². The van der Waals surface area contributed by atoms with Crippen molar-refractivity contribution in [2.24, 2.45) is 0 Å². The normalized spacial score (nSPS) is 14.4. The lowest BCUT2D eigenvalue weighted by molar-refractivity contribution is 0.122. The number of aliphatic hydroxyl groups excluding tert-OH is 1. The van der Waals surface area contributed by atoms with Gasteiger partial charge in [0.15, 0.2) is 5.82 Å². The number of nitrogen functional groups attached to an aromatic ring is 1. The van der Waals surface area contributed by atoms with Gasteiger partial charge in [-0.15, -0.1) is 5.10 Å². The predicted molar refractivity (Wildman–Crippen MR) is 134 cm³/mol. The Bertz CT molecular complexity index is 1310. The molecule has 36 heavy (non-hydrogen) atoms. The second-order valence-electron chi connectivity index (χ2n) is 8.21. The molecule has 3 heterocycles. The van der Waals surface area contributed by atoms with E-state index in [2.05, 4.69) is 35.6 Å². The van der Waals surface area contributed by atoms with E-state index in [0.717, 1.165) is 11.3 Å². The molecular formula is C24H26FN9O2. The Balaban J connectivity index is 1.28. The Hall–Kier alpha value is -4.29. The number of ether oxygens (including phenoxy) is 1. The summed E-state index contributed by atoms with van der Waals surface area (Å²) >= 11 is 0. The number of morpholine rings is 1. The molecule has 2 aromatic heterocycles. The van der Waals surface area contributed by atoms with Gasteiger partial charge in [0.05, 0.1) is 18.9 Å². The van der Waals surface area contributed by atoms with Crippen LogP contribution in [0.5, 0.6) is 0 Å². The summed E-state index contributed by atoms with van der Waals surface area (Å²) in [4.78, 5) is 14.6.